The summed E-state index contributed by atoms with van der Waals surface area (Å²) in [5, 5.41) is 5.71. The van der Waals surface area contributed by atoms with E-state index < -0.39 is 31.4 Å². The van der Waals surface area contributed by atoms with Crippen LogP contribution in [0, 0.1) is 0 Å². The van der Waals surface area contributed by atoms with E-state index in [9.17, 15) is 18.9 Å². The van der Waals surface area contributed by atoms with Gasteiger partial charge >= 0.3 is 19.5 Å². The summed E-state index contributed by atoms with van der Waals surface area (Å²) in [7, 11) is -3.19. The number of amides is 1. The van der Waals surface area contributed by atoms with Crippen LogP contribution in [0.1, 0.15) is 45.6 Å². The molecule has 1 aromatic carbocycles. The molecule has 1 unspecified atom stereocenters. The topological polar surface area (TPSA) is 129 Å². The van der Waals surface area contributed by atoms with Crippen molar-refractivity contribution in [1.82, 2.24) is 5.32 Å². The smallest absolute Gasteiger partial charge is 0.332 e. The molecule has 0 saturated heterocycles. The summed E-state index contributed by atoms with van der Waals surface area (Å²) in [4.78, 5) is 36.8. The highest BCUT2D eigenvalue weighted by molar-refractivity contribution is 7.53. The van der Waals surface area contributed by atoms with Crippen molar-refractivity contribution in [2.45, 2.75) is 40.0 Å². The lowest BCUT2D eigenvalue weighted by molar-refractivity contribution is -0.148. The molecule has 0 heterocycles. The van der Waals surface area contributed by atoms with E-state index in [0.717, 1.165) is 0 Å². The SMILES string of the molecule is CCOC(=O)CCNC(=O)C(C(=O)OCC)c1cccc(NCCP(=O)(OCC)OCC)c1. The average molecular weight is 487 g/mol. The molecule has 0 aliphatic rings. The molecule has 0 spiro atoms. The predicted octanol–water partition coefficient (Wildman–Crippen LogP) is 3.08. The summed E-state index contributed by atoms with van der Waals surface area (Å²) in [5.41, 5.74) is 1.05. The van der Waals surface area contributed by atoms with E-state index in [1.54, 1.807) is 52.0 Å². The molecule has 2 N–H and O–H groups in total. The van der Waals surface area contributed by atoms with Crippen molar-refractivity contribution >= 4 is 31.1 Å². The Morgan fingerprint density at radius 2 is 1.61 bits per heavy atom. The largest absolute Gasteiger partial charge is 0.466 e. The van der Waals surface area contributed by atoms with E-state index in [2.05, 4.69) is 10.6 Å². The van der Waals surface area contributed by atoms with Crippen molar-refractivity contribution < 1.29 is 37.5 Å². The van der Waals surface area contributed by atoms with E-state index in [0.29, 0.717) is 17.8 Å². The minimum atomic E-state index is -3.19. The maximum atomic E-state index is 12.7. The second kappa shape index (κ2) is 15.4. The molecule has 1 aromatic rings. The first-order valence-electron chi connectivity index (χ1n) is 11.1. The van der Waals surface area contributed by atoms with Crippen LogP contribution in [0.4, 0.5) is 5.69 Å². The number of anilines is 1. The number of nitrogens with one attached hydrogen (secondary N) is 2. The fourth-order valence-electron chi connectivity index (χ4n) is 2.97. The van der Waals surface area contributed by atoms with Crippen LogP contribution in [-0.4, -0.2) is 63.5 Å². The highest BCUT2D eigenvalue weighted by Gasteiger charge is 2.30. The number of esters is 2. The zero-order valence-electron chi connectivity index (χ0n) is 19.8. The highest BCUT2D eigenvalue weighted by atomic mass is 31.2. The lowest BCUT2D eigenvalue weighted by Gasteiger charge is -2.19. The van der Waals surface area contributed by atoms with E-state index in [1.165, 1.54) is 0 Å². The van der Waals surface area contributed by atoms with Crippen LogP contribution in [0.2, 0.25) is 0 Å². The van der Waals surface area contributed by atoms with Crippen molar-refractivity contribution in [1.29, 1.82) is 0 Å². The van der Waals surface area contributed by atoms with Crippen molar-refractivity contribution in [2.75, 3.05) is 51.0 Å². The lowest BCUT2D eigenvalue weighted by Crippen LogP contribution is -2.36. The molecule has 0 radical (unpaired) electrons. The van der Waals surface area contributed by atoms with Gasteiger partial charge in [-0.1, -0.05) is 12.1 Å². The van der Waals surface area contributed by atoms with Gasteiger partial charge in [-0.25, -0.2) is 0 Å². The quantitative estimate of drug-likeness (QED) is 0.206. The van der Waals surface area contributed by atoms with Gasteiger partial charge in [0.1, 0.15) is 0 Å². The maximum Gasteiger partial charge on any atom is 0.332 e. The highest BCUT2D eigenvalue weighted by Crippen LogP contribution is 2.47. The van der Waals surface area contributed by atoms with E-state index in [4.69, 9.17) is 18.5 Å². The molecule has 186 valence electrons. The standard InChI is InChI=1S/C22H35N2O8P/c1-5-29-19(25)12-13-24-21(26)20(22(27)30-6-2)17-10-9-11-18(16-17)23-14-15-33(28,31-7-3)32-8-4/h9-11,16,20,23H,5-8,12-15H2,1-4H3,(H,24,26). The number of carbonyl (C=O) groups excluding carboxylic acids is 3. The van der Waals surface area contributed by atoms with E-state index in [1.807, 2.05) is 0 Å². The fraction of sp³-hybridized carbons (Fsp3) is 0.591. The summed E-state index contributed by atoms with van der Waals surface area (Å²) in [6.45, 7) is 8.11. The molecule has 1 amide bonds. The van der Waals surface area contributed by atoms with Gasteiger partial charge in [0.25, 0.3) is 0 Å². The third-order valence-electron chi connectivity index (χ3n) is 4.30. The number of ether oxygens (including phenoxy) is 2. The normalized spacial score (nSPS) is 12.0. The molecule has 0 bridgehead atoms. The maximum absolute atomic E-state index is 12.7. The minimum absolute atomic E-state index is 0.00353. The van der Waals surface area contributed by atoms with Crippen LogP contribution in [0.5, 0.6) is 0 Å². The molecular formula is C22H35N2O8P. The Bertz CT molecular complexity index is 807. The summed E-state index contributed by atoms with van der Waals surface area (Å²) in [6, 6.07) is 6.75. The number of carbonyl (C=O) groups is 3. The molecule has 10 nitrogen and oxygen atoms in total. The fourth-order valence-corrected chi connectivity index (χ4v) is 4.47. The monoisotopic (exact) mass is 486 g/mol. The number of hydrogen-bond donors (Lipinski definition) is 2. The summed E-state index contributed by atoms with van der Waals surface area (Å²) < 4.78 is 33.1. The Morgan fingerprint density at radius 3 is 2.21 bits per heavy atom. The van der Waals surface area contributed by atoms with Crippen LogP contribution in [0.25, 0.3) is 0 Å². The van der Waals surface area contributed by atoms with Crippen LogP contribution >= 0.6 is 7.60 Å². The van der Waals surface area contributed by atoms with E-state index in [-0.39, 0.29) is 45.6 Å². The molecule has 0 aliphatic carbocycles. The van der Waals surface area contributed by atoms with Crippen LogP contribution < -0.4 is 10.6 Å². The average Bonchev–Trinajstić information content (AvgIpc) is 2.75. The Hall–Kier alpha value is -2.42. The number of hydrogen-bond acceptors (Lipinski definition) is 9. The van der Waals surface area contributed by atoms with Crippen molar-refractivity contribution in [2.24, 2.45) is 0 Å². The first-order chi connectivity index (χ1) is 15.8. The van der Waals surface area contributed by atoms with Gasteiger partial charge in [0.05, 0.1) is 39.0 Å². The molecule has 0 aliphatic heterocycles. The first kappa shape index (κ1) is 28.6. The Kier molecular flexibility index (Phi) is 13.4. The molecule has 33 heavy (non-hydrogen) atoms. The zero-order valence-corrected chi connectivity index (χ0v) is 20.7. The Balaban J connectivity index is 2.88. The van der Waals surface area contributed by atoms with Gasteiger partial charge in [0, 0.05) is 18.8 Å². The molecule has 1 atom stereocenters. The van der Waals surface area contributed by atoms with Gasteiger partial charge in [-0.05, 0) is 45.4 Å². The van der Waals surface area contributed by atoms with Crippen LogP contribution in [0.3, 0.4) is 0 Å². The van der Waals surface area contributed by atoms with Gasteiger partial charge in [0.2, 0.25) is 5.91 Å². The molecular weight excluding hydrogens is 451 g/mol. The molecule has 1 rings (SSSR count). The van der Waals surface area contributed by atoms with Crippen molar-refractivity contribution in [3.05, 3.63) is 29.8 Å². The summed E-state index contributed by atoms with van der Waals surface area (Å²) >= 11 is 0. The van der Waals surface area contributed by atoms with Gasteiger partial charge < -0.3 is 29.2 Å². The van der Waals surface area contributed by atoms with Crippen LogP contribution in [0.15, 0.2) is 24.3 Å². The number of benzene rings is 1. The van der Waals surface area contributed by atoms with Gasteiger partial charge in [-0.3, -0.25) is 18.9 Å². The van der Waals surface area contributed by atoms with Crippen LogP contribution in [-0.2, 0) is 37.5 Å². The van der Waals surface area contributed by atoms with Crippen molar-refractivity contribution in [3.8, 4) is 0 Å². The molecule has 0 saturated carbocycles. The lowest BCUT2D eigenvalue weighted by atomic mass is 9.97. The van der Waals surface area contributed by atoms with E-state index >= 15 is 0 Å². The van der Waals surface area contributed by atoms with Crippen molar-refractivity contribution in [3.63, 3.8) is 0 Å². The minimum Gasteiger partial charge on any atom is -0.466 e. The zero-order chi connectivity index (χ0) is 24.7. The third-order valence-corrected chi connectivity index (χ3v) is 6.38. The summed E-state index contributed by atoms with van der Waals surface area (Å²) in [6.07, 6.45) is 0.158. The molecule has 0 fully saturated rings. The second-order valence-electron chi connectivity index (χ2n) is 6.75. The second-order valence-corrected chi connectivity index (χ2v) is 8.94. The third kappa shape index (κ3) is 10.4. The van der Waals surface area contributed by atoms with Gasteiger partial charge in [-0.15, -0.1) is 0 Å². The molecule has 11 heteroatoms. The van der Waals surface area contributed by atoms with Gasteiger partial charge in [0.15, 0.2) is 5.92 Å². The first-order valence-corrected chi connectivity index (χ1v) is 12.8. The number of rotatable bonds is 16. The summed E-state index contributed by atoms with van der Waals surface area (Å²) in [5.74, 6) is -2.91. The Labute approximate surface area is 195 Å². The predicted molar refractivity (Wildman–Crippen MR) is 124 cm³/mol. The Morgan fingerprint density at radius 1 is 0.939 bits per heavy atom. The molecule has 0 aromatic heterocycles. The van der Waals surface area contributed by atoms with Gasteiger partial charge in [-0.2, -0.15) is 0 Å².